The first-order chi connectivity index (χ1) is 15.7. The highest BCUT2D eigenvalue weighted by molar-refractivity contribution is 5.88. The number of ether oxygens (including phenoxy) is 1. The second-order valence-corrected chi connectivity index (χ2v) is 9.60. The van der Waals surface area contributed by atoms with Crippen LogP contribution in [0, 0.1) is 18.2 Å². The molecule has 8 heteroatoms. The molecule has 2 aliphatic rings. The van der Waals surface area contributed by atoms with Crippen LogP contribution in [0.4, 0.5) is 15.9 Å². The fourth-order valence-electron chi connectivity index (χ4n) is 4.77. The van der Waals surface area contributed by atoms with Crippen molar-refractivity contribution in [2.24, 2.45) is 11.1 Å². The fourth-order valence-corrected chi connectivity index (χ4v) is 4.77. The first-order valence-corrected chi connectivity index (χ1v) is 11.3. The molecule has 1 atom stereocenters. The van der Waals surface area contributed by atoms with E-state index in [1.54, 1.807) is 19.3 Å². The van der Waals surface area contributed by atoms with Gasteiger partial charge >= 0.3 is 6.01 Å². The van der Waals surface area contributed by atoms with Gasteiger partial charge in [-0.1, -0.05) is 13.8 Å². The minimum absolute atomic E-state index is 0.0858. The van der Waals surface area contributed by atoms with E-state index in [0.717, 1.165) is 59.1 Å². The van der Waals surface area contributed by atoms with E-state index < -0.39 is 0 Å². The molecule has 0 bridgehead atoms. The molecule has 3 heterocycles. The highest BCUT2D eigenvalue weighted by atomic mass is 19.1. The third kappa shape index (κ3) is 3.88. The smallest absolute Gasteiger partial charge is 0.324 e. The van der Waals surface area contributed by atoms with Crippen LogP contribution in [0.2, 0.25) is 0 Å². The molecule has 3 aromatic rings. The molecule has 7 nitrogen and oxygen atoms in total. The van der Waals surface area contributed by atoms with E-state index in [-0.39, 0.29) is 23.3 Å². The van der Waals surface area contributed by atoms with Crippen LogP contribution < -0.4 is 20.7 Å². The standard InChI is InChI=1S/C25H29FN6O/c1-14-5-6-16(12-29-14)33-24-30-20-11-17-18(9-15(26)10-19(17)28-4)22(20)23(31-24)32-8-7-21(27)25(2,3)13-32/h5-6,9-10,12,21,28H,7-8,11,13,27H2,1-4H3. The number of nitrogens with zero attached hydrogens (tertiary/aromatic N) is 4. The molecular formula is C25H29FN6O. The summed E-state index contributed by atoms with van der Waals surface area (Å²) in [7, 11) is 1.80. The average molecular weight is 449 g/mol. The maximum Gasteiger partial charge on any atom is 0.324 e. The number of fused-ring (bicyclic) bond motifs is 3. The topological polar surface area (TPSA) is 89.2 Å². The van der Waals surface area contributed by atoms with Gasteiger partial charge in [0.15, 0.2) is 0 Å². The molecular weight excluding hydrogens is 419 g/mol. The van der Waals surface area contributed by atoms with E-state index in [4.69, 9.17) is 20.4 Å². The largest absolute Gasteiger partial charge is 0.423 e. The van der Waals surface area contributed by atoms with Crippen LogP contribution in [0.5, 0.6) is 11.8 Å². The molecule has 1 aromatic carbocycles. The van der Waals surface area contributed by atoms with Crippen molar-refractivity contribution in [3.8, 4) is 22.9 Å². The number of nitrogens with one attached hydrogen (secondary N) is 1. The molecule has 33 heavy (non-hydrogen) atoms. The number of anilines is 2. The van der Waals surface area contributed by atoms with Crippen molar-refractivity contribution in [2.45, 2.75) is 39.7 Å². The Morgan fingerprint density at radius 2 is 2.06 bits per heavy atom. The molecule has 1 saturated heterocycles. The monoisotopic (exact) mass is 448 g/mol. The Kier molecular flexibility index (Phi) is 5.20. The van der Waals surface area contributed by atoms with Crippen molar-refractivity contribution >= 4 is 11.5 Å². The molecule has 0 saturated carbocycles. The summed E-state index contributed by atoms with van der Waals surface area (Å²) >= 11 is 0. The molecule has 1 aliphatic heterocycles. The summed E-state index contributed by atoms with van der Waals surface area (Å²) in [4.78, 5) is 16.1. The summed E-state index contributed by atoms with van der Waals surface area (Å²) in [6, 6.07) is 7.22. The Morgan fingerprint density at radius 3 is 2.76 bits per heavy atom. The van der Waals surface area contributed by atoms with Crippen LogP contribution in [-0.4, -0.2) is 41.1 Å². The second-order valence-electron chi connectivity index (χ2n) is 9.60. The van der Waals surface area contributed by atoms with Crippen LogP contribution in [0.3, 0.4) is 0 Å². The lowest BCUT2D eigenvalue weighted by molar-refractivity contribution is 0.244. The van der Waals surface area contributed by atoms with Crippen LogP contribution in [0.25, 0.3) is 11.1 Å². The van der Waals surface area contributed by atoms with Crippen molar-refractivity contribution in [1.82, 2.24) is 15.0 Å². The van der Waals surface area contributed by atoms with E-state index in [2.05, 4.69) is 29.0 Å². The lowest BCUT2D eigenvalue weighted by Crippen LogP contribution is -2.52. The Balaban J connectivity index is 1.63. The van der Waals surface area contributed by atoms with Crippen molar-refractivity contribution < 1.29 is 9.13 Å². The van der Waals surface area contributed by atoms with Gasteiger partial charge in [0.05, 0.1) is 11.9 Å². The van der Waals surface area contributed by atoms with Crippen molar-refractivity contribution in [2.75, 3.05) is 30.4 Å². The number of hydrogen-bond acceptors (Lipinski definition) is 7. The molecule has 1 unspecified atom stereocenters. The predicted molar refractivity (Wildman–Crippen MR) is 127 cm³/mol. The van der Waals surface area contributed by atoms with Crippen LogP contribution in [0.1, 0.15) is 37.2 Å². The summed E-state index contributed by atoms with van der Waals surface area (Å²) < 4.78 is 20.5. The molecule has 5 rings (SSSR count). The molecule has 0 amide bonds. The van der Waals surface area contributed by atoms with Crippen LogP contribution in [-0.2, 0) is 6.42 Å². The van der Waals surface area contributed by atoms with Gasteiger partial charge in [0, 0.05) is 49.5 Å². The summed E-state index contributed by atoms with van der Waals surface area (Å²) in [5.74, 6) is 1.05. The molecule has 1 fully saturated rings. The highest BCUT2D eigenvalue weighted by Gasteiger charge is 2.37. The zero-order chi connectivity index (χ0) is 23.3. The normalized spacial score (nSPS) is 18.6. The zero-order valence-electron chi connectivity index (χ0n) is 19.4. The van der Waals surface area contributed by atoms with Gasteiger partial charge < -0.3 is 20.7 Å². The van der Waals surface area contributed by atoms with Gasteiger partial charge in [0.25, 0.3) is 0 Å². The summed E-state index contributed by atoms with van der Waals surface area (Å²) in [6.45, 7) is 7.78. The number of rotatable bonds is 4. The van der Waals surface area contributed by atoms with Gasteiger partial charge in [-0.3, -0.25) is 4.98 Å². The maximum atomic E-state index is 14.5. The van der Waals surface area contributed by atoms with E-state index in [9.17, 15) is 4.39 Å². The molecule has 0 spiro atoms. The maximum absolute atomic E-state index is 14.5. The molecule has 3 N–H and O–H groups in total. The molecule has 2 aromatic heterocycles. The van der Waals surface area contributed by atoms with Gasteiger partial charge in [-0.2, -0.15) is 9.97 Å². The van der Waals surface area contributed by atoms with Crippen molar-refractivity contribution in [3.05, 3.63) is 53.2 Å². The van der Waals surface area contributed by atoms with Crippen LogP contribution >= 0.6 is 0 Å². The van der Waals surface area contributed by atoms with Gasteiger partial charge in [-0.25, -0.2) is 4.39 Å². The van der Waals surface area contributed by atoms with Gasteiger partial charge in [-0.05, 0) is 54.2 Å². The third-order valence-corrected chi connectivity index (χ3v) is 6.75. The number of hydrogen-bond donors (Lipinski definition) is 2. The summed E-state index contributed by atoms with van der Waals surface area (Å²) in [5.41, 5.74) is 11.5. The van der Waals surface area contributed by atoms with E-state index in [1.807, 2.05) is 19.1 Å². The van der Waals surface area contributed by atoms with Gasteiger partial charge in [-0.15, -0.1) is 0 Å². The number of aromatic nitrogens is 3. The minimum Gasteiger partial charge on any atom is -0.423 e. The lowest BCUT2D eigenvalue weighted by atomic mass is 9.79. The highest BCUT2D eigenvalue weighted by Crippen LogP contribution is 2.46. The first kappa shape index (κ1) is 21.6. The number of piperidine rings is 1. The minimum atomic E-state index is -0.288. The predicted octanol–water partition coefficient (Wildman–Crippen LogP) is 4.29. The first-order valence-electron chi connectivity index (χ1n) is 11.3. The quantitative estimate of drug-likeness (QED) is 0.481. The van der Waals surface area contributed by atoms with Gasteiger partial charge in [0.2, 0.25) is 0 Å². The van der Waals surface area contributed by atoms with E-state index in [1.165, 1.54) is 6.07 Å². The third-order valence-electron chi connectivity index (χ3n) is 6.75. The Bertz CT molecular complexity index is 1210. The molecule has 1 aliphatic carbocycles. The van der Waals surface area contributed by atoms with Gasteiger partial charge in [0.1, 0.15) is 17.4 Å². The average Bonchev–Trinajstić information content (AvgIpc) is 3.14. The van der Waals surface area contributed by atoms with E-state index >= 15 is 0 Å². The number of aryl methyl sites for hydroxylation is 1. The summed E-state index contributed by atoms with van der Waals surface area (Å²) in [5, 5.41) is 3.12. The molecule has 0 radical (unpaired) electrons. The van der Waals surface area contributed by atoms with Crippen LogP contribution in [0.15, 0.2) is 30.5 Å². The Hall–Kier alpha value is -3.26. The number of nitrogens with two attached hydrogens (primary N) is 1. The lowest BCUT2D eigenvalue weighted by Gasteiger charge is -2.43. The van der Waals surface area contributed by atoms with E-state index in [0.29, 0.717) is 12.2 Å². The van der Waals surface area contributed by atoms with Crippen molar-refractivity contribution in [1.29, 1.82) is 0 Å². The number of benzene rings is 1. The summed E-state index contributed by atoms with van der Waals surface area (Å²) in [6.07, 6.45) is 3.09. The second kappa shape index (κ2) is 7.95. The zero-order valence-corrected chi connectivity index (χ0v) is 19.4. The number of halogens is 1. The SMILES string of the molecule is CNc1cc(F)cc2c1Cc1nc(Oc3ccc(C)nc3)nc(N3CCC(N)C(C)(C)C3)c1-2. The number of pyridine rings is 1. The Labute approximate surface area is 193 Å². The van der Waals surface area contributed by atoms with Crippen molar-refractivity contribution in [3.63, 3.8) is 0 Å². The molecule has 172 valence electrons. The fraction of sp³-hybridized carbons (Fsp3) is 0.400. The Morgan fingerprint density at radius 1 is 1.24 bits per heavy atom.